The Morgan fingerprint density at radius 3 is 2.90 bits per heavy atom. The van der Waals surface area contributed by atoms with Gasteiger partial charge in [-0.25, -0.2) is 0 Å². The van der Waals surface area contributed by atoms with Crippen LogP contribution in [0.5, 0.6) is 0 Å². The van der Waals surface area contributed by atoms with Crippen LogP contribution in [-0.4, -0.2) is 37.0 Å². The summed E-state index contributed by atoms with van der Waals surface area (Å²) in [5.41, 5.74) is 0.896. The summed E-state index contributed by atoms with van der Waals surface area (Å²) in [6, 6.07) is 5.50. The molecule has 1 N–H and O–H groups in total. The molecule has 6 heteroatoms. The average Bonchev–Trinajstić information content (AvgIpc) is 3.03. The van der Waals surface area contributed by atoms with Gasteiger partial charge < -0.3 is 10.2 Å². The van der Waals surface area contributed by atoms with E-state index in [-0.39, 0.29) is 18.3 Å². The highest BCUT2D eigenvalue weighted by Gasteiger charge is 2.42. The Balaban J connectivity index is 0.00000147. The van der Waals surface area contributed by atoms with Crippen molar-refractivity contribution in [2.24, 2.45) is 5.41 Å². The Morgan fingerprint density at radius 1 is 1.40 bits per heavy atom. The predicted molar refractivity (Wildman–Crippen MR) is 86.8 cm³/mol. The minimum atomic E-state index is 0. The SMILES string of the molecule is Cl.O=C(c1cccc(Br)c1Cl)N1CCC2(CCNC2)C1. The van der Waals surface area contributed by atoms with Crippen LogP contribution in [-0.2, 0) is 0 Å². The second kappa shape index (κ2) is 6.22. The van der Waals surface area contributed by atoms with E-state index in [0.717, 1.165) is 37.1 Å². The molecule has 2 saturated heterocycles. The van der Waals surface area contributed by atoms with E-state index in [1.807, 2.05) is 17.0 Å². The third kappa shape index (κ3) is 2.84. The van der Waals surface area contributed by atoms with Crippen molar-refractivity contribution < 1.29 is 4.79 Å². The maximum absolute atomic E-state index is 12.6. The molecule has 0 radical (unpaired) electrons. The van der Waals surface area contributed by atoms with Crippen LogP contribution in [0.4, 0.5) is 0 Å². The summed E-state index contributed by atoms with van der Waals surface area (Å²) in [5, 5.41) is 3.92. The molecule has 1 amide bonds. The number of hydrogen-bond donors (Lipinski definition) is 1. The molecule has 0 bridgehead atoms. The van der Waals surface area contributed by atoms with E-state index < -0.39 is 0 Å². The number of rotatable bonds is 1. The molecule has 1 aromatic carbocycles. The molecule has 110 valence electrons. The number of halogens is 3. The summed E-state index contributed by atoms with van der Waals surface area (Å²) in [7, 11) is 0. The third-order valence-electron chi connectivity index (χ3n) is 4.24. The van der Waals surface area contributed by atoms with Gasteiger partial charge >= 0.3 is 0 Å². The molecule has 1 aromatic rings. The fourth-order valence-electron chi connectivity index (χ4n) is 3.09. The van der Waals surface area contributed by atoms with Gasteiger partial charge in [-0.3, -0.25) is 4.79 Å². The van der Waals surface area contributed by atoms with E-state index in [4.69, 9.17) is 11.6 Å². The number of nitrogens with zero attached hydrogens (tertiary/aromatic N) is 1. The Kier molecular flexibility index (Phi) is 5.00. The number of hydrogen-bond acceptors (Lipinski definition) is 2. The van der Waals surface area contributed by atoms with Gasteiger partial charge in [0.2, 0.25) is 0 Å². The smallest absolute Gasteiger partial charge is 0.255 e. The summed E-state index contributed by atoms with van der Waals surface area (Å²) in [6.07, 6.45) is 2.26. The second-order valence-corrected chi connectivity index (χ2v) is 6.74. The predicted octanol–water partition coefficient (Wildman–Crippen LogP) is 3.35. The summed E-state index contributed by atoms with van der Waals surface area (Å²) in [5.74, 6) is 0.0510. The first-order valence-corrected chi connectivity index (χ1v) is 7.72. The van der Waals surface area contributed by atoms with Crippen molar-refractivity contribution in [3.05, 3.63) is 33.3 Å². The van der Waals surface area contributed by atoms with Crippen LogP contribution in [0, 0.1) is 5.41 Å². The molecule has 0 saturated carbocycles. The van der Waals surface area contributed by atoms with E-state index in [1.165, 1.54) is 6.42 Å². The average molecular weight is 380 g/mol. The lowest BCUT2D eigenvalue weighted by Crippen LogP contribution is -2.33. The topological polar surface area (TPSA) is 32.3 Å². The van der Waals surface area contributed by atoms with Crippen molar-refractivity contribution in [3.8, 4) is 0 Å². The highest BCUT2D eigenvalue weighted by atomic mass is 79.9. The zero-order valence-corrected chi connectivity index (χ0v) is 14.2. The van der Waals surface area contributed by atoms with Crippen LogP contribution < -0.4 is 5.32 Å². The summed E-state index contributed by atoms with van der Waals surface area (Å²) >= 11 is 9.58. The molecule has 0 aliphatic carbocycles. The molecular formula is C14H17BrCl2N2O. The van der Waals surface area contributed by atoms with Crippen molar-refractivity contribution in [2.75, 3.05) is 26.2 Å². The van der Waals surface area contributed by atoms with Gasteiger partial charge in [0.1, 0.15) is 0 Å². The first kappa shape index (κ1) is 16.1. The van der Waals surface area contributed by atoms with Gasteiger partial charge in [0.25, 0.3) is 5.91 Å². The number of carbonyl (C=O) groups excluding carboxylic acids is 1. The fourth-order valence-corrected chi connectivity index (χ4v) is 3.66. The van der Waals surface area contributed by atoms with Crippen LogP contribution in [0.1, 0.15) is 23.2 Å². The van der Waals surface area contributed by atoms with E-state index in [9.17, 15) is 4.79 Å². The first-order valence-electron chi connectivity index (χ1n) is 6.55. The Hall–Kier alpha value is -0.290. The van der Waals surface area contributed by atoms with Gasteiger partial charge in [-0.15, -0.1) is 12.4 Å². The minimum absolute atomic E-state index is 0. The standard InChI is InChI=1S/C14H16BrClN2O.ClH/c15-11-3-1-2-10(12(11)16)13(19)18-7-5-14(9-18)4-6-17-8-14;/h1-3,17H,4-9H2;1H. The molecule has 1 atom stereocenters. The minimum Gasteiger partial charge on any atom is -0.338 e. The molecule has 2 heterocycles. The molecule has 1 unspecified atom stereocenters. The molecule has 1 spiro atoms. The van der Waals surface area contributed by atoms with Crippen LogP contribution in [0.15, 0.2) is 22.7 Å². The highest BCUT2D eigenvalue weighted by Crippen LogP contribution is 2.37. The molecule has 2 aliphatic rings. The number of carbonyl (C=O) groups is 1. The molecule has 2 aliphatic heterocycles. The van der Waals surface area contributed by atoms with Crippen molar-refractivity contribution in [1.29, 1.82) is 0 Å². The van der Waals surface area contributed by atoms with Gasteiger partial charge in [-0.05, 0) is 47.4 Å². The van der Waals surface area contributed by atoms with Crippen molar-refractivity contribution in [3.63, 3.8) is 0 Å². The number of nitrogens with one attached hydrogen (secondary N) is 1. The van der Waals surface area contributed by atoms with Crippen molar-refractivity contribution in [1.82, 2.24) is 10.2 Å². The number of likely N-dealkylation sites (tertiary alicyclic amines) is 1. The van der Waals surface area contributed by atoms with Gasteiger partial charge in [-0.2, -0.15) is 0 Å². The van der Waals surface area contributed by atoms with E-state index in [1.54, 1.807) is 6.07 Å². The van der Waals surface area contributed by atoms with Crippen LogP contribution in [0.25, 0.3) is 0 Å². The van der Waals surface area contributed by atoms with Gasteiger partial charge in [-0.1, -0.05) is 17.7 Å². The van der Waals surface area contributed by atoms with Crippen LogP contribution in [0.3, 0.4) is 0 Å². The molecular weight excluding hydrogens is 363 g/mol. The normalized spacial score (nSPS) is 25.0. The largest absolute Gasteiger partial charge is 0.338 e. The van der Waals surface area contributed by atoms with Crippen LogP contribution in [0.2, 0.25) is 5.02 Å². The Bertz CT molecular complexity index is 518. The number of amides is 1. The fraction of sp³-hybridized carbons (Fsp3) is 0.500. The van der Waals surface area contributed by atoms with Gasteiger partial charge in [0.15, 0.2) is 0 Å². The van der Waals surface area contributed by atoms with E-state index in [0.29, 0.717) is 16.0 Å². The summed E-state index contributed by atoms with van der Waals surface area (Å²) in [4.78, 5) is 14.5. The second-order valence-electron chi connectivity index (χ2n) is 5.50. The van der Waals surface area contributed by atoms with E-state index >= 15 is 0 Å². The lowest BCUT2D eigenvalue weighted by Gasteiger charge is -2.23. The monoisotopic (exact) mass is 378 g/mol. The lowest BCUT2D eigenvalue weighted by molar-refractivity contribution is 0.0776. The number of benzene rings is 1. The Labute approximate surface area is 138 Å². The lowest BCUT2D eigenvalue weighted by atomic mass is 9.86. The zero-order chi connectivity index (χ0) is 13.5. The first-order chi connectivity index (χ1) is 9.11. The Morgan fingerprint density at radius 2 is 2.20 bits per heavy atom. The molecule has 0 aromatic heterocycles. The summed E-state index contributed by atoms with van der Waals surface area (Å²) in [6.45, 7) is 3.79. The zero-order valence-electron chi connectivity index (χ0n) is 11.0. The molecule has 3 nitrogen and oxygen atoms in total. The van der Waals surface area contributed by atoms with Crippen molar-refractivity contribution >= 4 is 45.8 Å². The van der Waals surface area contributed by atoms with Gasteiger partial charge in [0.05, 0.1) is 10.6 Å². The highest BCUT2D eigenvalue weighted by molar-refractivity contribution is 9.10. The molecule has 20 heavy (non-hydrogen) atoms. The molecule has 2 fully saturated rings. The summed E-state index contributed by atoms with van der Waals surface area (Å²) < 4.78 is 0.774. The maximum atomic E-state index is 12.6. The quantitative estimate of drug-likeness (QED) is 0.811. The van der Waals surface area contributed by atoms with Crippen LogP contribution >= 0.6 is 39.9 Å². The third-order valence-corrected chi connectivity index (χ3v) is 5.54. The van der Waals surface area contributed by atoms with Gasteiger partial charge in [0, 0.05) is 29.5 Å². The van der Waals surface area contributed by atoms with E-state index in [2.05, 4.69) is 21.2 Å². The van der Waals surface area contributed by atoms with Crippen molar-refractivity contribution in [2.45, 2.75) is 12.8 Å². The maximum Gasteiger partial charge on any atom is 0.255 e. The molecule has 3 rings (SSSR count).